The fraction of sp³-hybridized carbons (Fsp3) is 0.300. The van der Waals surface area contributed by atoms with Gasteiger partial charge >= 0.3 is 5.97 Å². The number of hydrogen-bond acceptors (Lipinski definition) is 3. The summed E-state index contributed by atoms with van der Waals surface area (Å²) >= 11 is 0. The third-order valence-electron chi connectivity index (χ3n) is 3.81. The zero-order valence-electron chi connectivity index (χ0n) is 14.9. The molecule has 0 fully saturated rings. The van der Waals surface area contributed by atoms with Crippen LogP contribution in [0.2, 0.25) is 0 Å². The number of carboxylic acid groups (broad SMARTS) is 1. The van der Waals surface area contributed by atoms with Crippen molar-refractivity contribution in [3.63, 3.8) is 0 Å². The lowest BCUT2D eigenvalue weighted by Gasteiger charge is -2.27. The average Bonchev–Trinajstić information content (AvgIpc) is 2.61. The third kappa shape index (κ3) is 6.86. The lowest BCUT2D eigenvalue weighted by Crippen LogP contribution is -2.42. The molecule has 26 heavy (non-hydrogen) atoms. The van der Waals surface area contributed by atoms with Gasteiger partial charge in [0.25, 0.3) is 0 Å². The van der Waals surface area contributed by atoms with E-state index in [2.05, 4.69) is 0 Å². The van der Waals surface area contributed by atoms with Gasteiger partial charge in [0.15, 0.2) is 0 Å². The predicted octanol–water partition coefficient (Wildman–Crippen LogP) is 3.44. The Morgan fingerprint density at radius 2 is 1.50 bits per heavy atom. The second kappa shape index (κ2) is 11.3. The van der Waals surface area contributed by atoms with Gasteiger partial charge in [-0.05, 0) is 30.7 Å². The molecule has 1 N–H and O–H groups in total. The van der Waals surface area contributed by atoms with E-state index in [4.69, 9.17) is 5.11 Å². The fourth-order valence-electron chi connectivity index (χ4n) is 2.70. The fourth-order valence-corrected chi connectivity index (χ4v) is 2.70. The quantitative estimate of drug-likeness (QED) is 0.728. The van der Waals surface area contributed by atoms with Gasteiger partial charge < -0.3 is 10.0 Å². The monoisotopic (exact) mass is 376 g/mol. The molecule has 0 aromatic heterocycles. The number of aliphatic carboxylic acids is 1. The molecule has 0 bridgehead atoms. The number of para-hydroxylation sites is 1. The maximum absolute atomic E-state index is 12.9. The topological polar surface area (TPSA) is 60.9 Å². The molecule has 0 aliphatic carbocycles. The number of carbonyl (C=O) groups is 2. The molecule has 5 nitrogen and oxygen atoms in total. The van der Waals surface area contributed by atoms with Crippen molar-refractivity contribution in [1.82, 2.24) is 4.90 Å². The van der Waals surface area contributed by atoms with Gasteiger partial charge in [-0.25, -0.2) is 0 Å². The molecule has 140 valence electrons. The van der Waals surface area contributed by atoms with E-state index in [1.165, 1.54) is 0 Å². The van der Waals surface area contributed by atoms with Crippen LogP contribution in [0.25, 0.3) is 0 Å². The van der Waals surface area contributed by atoms with Crippen LogP contribution < -0.4 is 4.90 Å². The minimum Gasteiger partial charge on any atom is -0.480 e. The van der Waals surface area contributed by atoms with E-state index >= 15 is 0 Å². The molecule has 0 aliphatic rings. The van der Waals surface area contributed by atoms with Crippen molar-refractivity contribution in [3.05, 3.63) is 66.2 Å². The molecule has 0 spiro atoms. The molecular weight excluding hydrogens is 352 g/mol. The highest BCUT2D eigenvalue weighted by Gasteiger charge is 2.20. The van der Waals surface area contributed by atoms with E-state index in [1.807, 2.05) is 67.6 Å². The van der Waals surface area contributed by atoms with Crippen molar-refractivity contribution in [2.24, 2.45) is 0 Å². The molecule has 0 atom stereocenters. The van der Waals surface area contributed by atoms with Crippen LogP contribution in [0.15, 0.2) is 60.7 Å². The largest absolute Gasteiger partial charge is 0.480 e. The maximum Gasteiger partial charge on any atom is 0.317 e. The van der Waals surface area contributed by atoms with E-state index in [9.17, 15) is 9.59 Å². The van der Waals surface area contributed by atoms with Crippen LogP contribution in [0.4, 0.5) is 5.69 Å². The smallest absolute Gasteiger partial charge is 0.317 e. The summed E-state index contributed by atoms with van der Waals surface area (Å²) in [5.74, 6) is -1.03. The lowest BCUT2D eigenvalue weighted by atomic mass is 10.2. The number of anilines is 1. The van der Waals surface area contributed by atoms with Crippen LogP contribution in [0.3, 0.4) is 0 Å². The van der Waals surface area contributed by atoms with Crippen molar-refractivity contribution in [2.45, 2.75) is 19.9 Å². The van der Waals surface area contributed by atoms with E-state index in [0.29, 0.717) is 13.1 Å². The third-order valence-corrected chi connectivity index (χ3v) is 3.81. The number of carboxylic acids is 1. The molecule has 2 aromatic carbocycles. The van der Waals surface area contributed by atoms with Crippen LogP contribution in [0.5, 0.6) is 0 Å². The second-order valence-corrected chi connectivity index (χ2v) is 5.91. The Labute approximate surface area is 160 Å². The molecule has 0 saturated carbocycles. The van der Waals surface area contributed by atoms with Crippen molar-refractivity contribution >= 4 is 30.0 Å². The highest BCUT2D eigenvalue weighted by molar-refractivity contribution is 5.94. The van der Waals surface area contributed by atoms with Crippen molar-refractivity contribution in [3.8, 4) is 0 Å². The summed E-state index contributed by atoms with van der Waals surface area (Å²) in [4.78, 5) is 27.3. The van der Waals surface area contributed by atoms with E-state index < -0.39 is 5.97 Å². The number of benzene rings is 2. The van der Waals surface area contributed by atoms with Gasteiger partial charge in [0.05, 0.1) is 19.6 Å². The number of rotatable bonds is 9. The summed E-state index contributed by atoms with van der Waals surface area (Å²) in [7, 11) is 0. The highest BCUT2D eigenvalue weighted by Crippen LogP contribution is 2.17. The minimum absolute atomic E-state index is 0. The van der Waals surface area contributed by atoms with Crippen LogP contribution in [0, 0.1) is 0 Å². The molecule has 1 amide bonds. The Morgan fingerprint density at radius 1 is 0.923 bits per heavy atom. The predicted molar refractivity (Wildman–Crippen MR) is 106 cm³/mol. The summed E-state index contributed by atoms with van der Waals surface area (Å²) in [6.07, 6.45) is 0.796. The zero-order chi connectivity index (χ0) is 18.1. The summed E-state index contributed by atoms with van der Waals surface area (Å²) in [6.45, 7) is 2.95. The first-order valence-electron chi connectivity index (χ1n) is 8.43. The van der Waals surface area contributed by atoms with Gasteiger partial charge in [-0.3, -0.25) is 14.5 Å². The van der Waals surface area contributed by atoms with Crippen LogP contribution >= 0.6 is 12.4 Å². The Hall–Kier alpha value is -2.37. The maximum atomic E-state index is 12.9. The van der Waals surface area contributed by atoms with Gasteiger partial charge in [-0.1, -0.05) is 55.5 Å². The first-order chi connectivity index (χ1) is 12.1. The number of carbonyl (C=O) groups excluding carboxylic acids is 1. The summed E-state index contributed by atoms with van der Waals surface area (Å²) in [5, 5.41) is 9.05. The van der Waals surface area contributed by atoms with Gasteiger partial charge in [-0.15, -0.1) is 12.4 Å². The van der Waals surface area contributed by atoms with Gasteiger partial charge in [-0.2, -0.15) is 0 Å². The molecule has 2 aromatic rings. The number of amides is 1. The van der Waals surface area contributed by atoms with Crippen LogP contribution in [-0.4, -0.2) is 41.5 Å². The Kier molecular flexibility index (Phi) is 9.41. The standard InChI is InChI=1S/C20H24N2O3.ClH/c1-2-13-21(16-20(24)25)15-19(23)22(18-11-7-4-8-12-18)14-17-9-5-3-6-10-17;/h3-12H,2,13-16H2,1H3,(H,24,25);1H. The van der Waals surface area contributed by atoms with E-state index in [-0.39, 0.29) is 31.4 Å². The Balaban J connectivity index is 0.00000338. The normalized spacial score (nSPS) is 10.2. The first kappa shape index (κ1) is 21.7. The molecule has 0 radical (unpaired) electrons. The summed E-state index contributed by atoms with van der Waals surface area (Å²) < 4.78 is 0. The van der Waals surface area contributed by atoms with Crippen molar-refractivity contribution in [2.75, 3.05) is 24.5 Å². The van der Waals surface area contributed by atoms with Gasteiger partial charge in [0.2, 0.25) is 5.91 Å². The minimum atomic E-state index is -0.921. The van der Waals surface area contributed by atoms with Gasteiger partial charge in [0.1, 0.15) is 0 Å². The summed E-state index contributed by atoms with van der Waals surface area (Å²) in [5.41, 5.74) is 1.84. The number of nitrogens with zero attached hydrogens (tertiary/aromatic N) is 2. The van der Waals surface area contributed by atoms with E-state index in [1.54, 1.807) is 9.80 Å². The first-order valence-corrected chi connectivity index (χ1v) is 8.43. The molecule has 6 heteroatoms. The van der Waals surface area contributed by atoms with Crippen molar-refractivity contribution in [1.29, 1.82) is 0 Å². The SMILES string of the molecule is CCCN(CC(=O)O)CC(=O)N(Cc1ccccc1)c1ccccc1.Cl. The second-order valence-electron chi connectivity index (χ2n) is 5.91. The highest BCUT2D eigenvalue weighted by atomic mass is 35.5. The Morgan fingerprint density at radius 3 is 2.04 bits per heavy atom. The Bertz CT molecular complexity index is 680. The number of hydrogen-bond donors (Lipinski definition) is 1. The van der Waals surface area contributed by atoms with E-state index in [0.717, 1.165) is 17.7 Å². The average molecular weight is 377 g/mol. The summed E-state index contributed by atoms with van der Waals surface area (Å²) in [6, 6.07) is 19.2. The number of halogens is 1. The molecule has 0 saturated heterocycles. The molecular formula is C20H25ClN2O3. The van der Waals surface area contributed by atoms with Crippen molar-refractivity contribution < 1.29 is 14.7 Å². The zero-order valence-corrected chi connectivity index (χ0v) is 15.7. The molecule has 0 aliphatic heterocycles. The molecule has 0 heterocycles. The lowest BCUT2D eigenvalue weighted by molar-refractivity contribution is -0.138. The van der Waals surface area contributed by atoms with Gasteiger partial charge in [0, 0.05) is 5.69 Å². The molecule has 0 unspecified atom stereocenters. The van der Waals surface area contributed by atoms with Crippen LogP contribution in [-0.2, 0) is 16.1 Å². The molecule has 2 rings (SSSR count). The van der Waals surface area contributed by atoms with Crippen LogP contribution in [0.1, 0.15) is 18.9 Å².